The van der Waals surface area contributed by atoms with Gasteiger partial charge in [0.1, 0.15) is 11.5 Å². The summed E-state index contributed by atoms with van der Waals surface area (Å²) in [4.78, 5) is 0. The van der Waals surface area contributed by atoms with Gasteiger partial charge in [0.05, 0.1) is 13.2 Å². The van der Waals surface area contributed by atoms with Crippen molar-refractivity contribution in [3.8, 4) is 11.5 Å². The summed E-state index contributed by atoms with van der Waals surface area (Å²) in [5.41, 5.74) is 6.82. The number of benzene rings is 1. The Kier molecular flexibility index (Phi) is 5.08. The van der Waals surface area contributed by atoms with Crippen molar-refractivity contribution in [2.75, 3.05) is 7.11 Å². The fraction of sp³-hybridized carbons (Fsp3) is 0.625. The van der Waals surface area contributed by atoms with Crippen LogP contribution >= 0.6 is 0 Å². The van der Waals surface area contributed by atoms with Crippen molar-refractivity contribution in [1.29, 1.82) is 0 Å². The fourth-order valence-corrected chi connectivity index (χ4v) is 2.86. The third-order valence-electron chi connectivity index (χ3n) is 4.09. The van der Waals surface area contributed by atoms with Crippen molar-refractivity contribution in [1.82, 2.24) is 0 Å². The van der Waals surface area contributed by atoms with Gasteiger partial charge in [0, 0.05) is 12.1 Å². The monoisotopic (exact) mass is 263 g/mol. The lowest BCUT2D eigenvalue weighted by molar-refractivity contribution is 0.121. The summed E-state index contributed by atoms with van der Waals surface area (Å²) in [6.07, 6.45) is 6.56. The molecule has 0 spiro atoms. The average molecular weight is 263 g/mol. The van der Waals surface area contributed by atoms with Crippen molar-refractivity contribution in [2.45, 2.75) is 51.7 Å². The summed E-state index contributed by atoms with van der Waals surface area (Å²) < 4.78 is 11.4. The lowest BCUT2D eigenvalue weighted by Crippen LogP contribution is -2.25. The van der Waals surface area contributed by atoms with Gasteiger partial charge in [-0.15, -0.1) is 0 Å². The van der Waals surface area contributed by atoms with Crippen LogP contribution in [0.15, 0.2) is 18.2 Å². The SMILES string of the molecule is CCC1CCCC(Oc2ccc(OC)cc2CN)C1. The van der Waals surface area contributed by atoms with Crippen LogP contribution in [-0.4, -0.2) is 13.2 Å². The molecule has 0 aromatic heterocycles. The molecule has 0 aliphatic heterocycles. The first-order valence-corrected chi connectivity index (χ1v) is 7.30. The molecule has 2 N–H and O–H groups in total. The van der Waals surface area contributed by atoms with E-state index >= 15 is 0 Å². The predicted octanol–water partition coefficient (Wildman–Crippen LogP) is 3.50. The topological polar surface area (TPSA) is 44.5 Å². The third kappa shape index (κ3) is 3.63. The lowest BCUT2D eigenvalue weighted by Gasteiger charge is -2.29. The molecule has 2 rings (SSSR count). The first-order chi connectivity index (χ1) is 9.26. The molecular weight excluding hydrogens is 238 g/mol. The van der Waals surface area contributed by atoms with Gasteiger partial charge >= 0.3 is 0 Å². The molecule has 3 nitrogen and oxygen atoms in total. The lowest BCUT2D eigenvalue weighted by atomic mass is 9.85. The van der Waals surface area contributed by atoms with E-state index in [4.69, 9.17) is 15.2 Å². The summed E-state index contributed by atoms with van der Waals surface area (Å²) in [6, 6.07) is 5.89. The van der Waals surface area contributed by atoms with Crippen LogP contribution in [0.4, 0.5) is 0 Å². The van der Waals surface area contributed by atoms with Gasteiger partial charge in [0.15, 0.2) is 0 Å². The van der Waals surface area contributed by atoms with Crippen LogP contribution in [-0.2, 0) is 6.54 Å². The molecule has 0 saturated heterocycles. The van der Waals surface area contributed by atoms with Crippen molar-refractivity contribution in [3.63, 3.8) is 0 Å². The third-order valence-corrected chi connectivity index (χ3v) is 4.09. The Hall–Kier alpha value is -1.22. The van der Waals surface area contributed by atoms with E-state index < -0.39 is 0 Å². The van der Waals surface area contributed by atoms with Gasteiger partial charge in [0.25, 0.3) is 0 Å². The van der Waals surface area contributed by atoms with E-state index in [0.29, 0.717) is 12.6 Å². The van der Waals surface area contributed by atoms with Crippen LogP contribution in [0.25, 0.3) is 0 Å². The summed E-state index contributed by atoms with van der Waals surface area (Å²) >= 11 is 0. The zero-order valence-corrected chi connectivity index (χ0v) is 12.0. The van der Waals surface area contributed by atoms with Crippen LogP contribution < -0.4 is 15.2 Å². The van der Waals surface area contributed by atoms with E-state index in [1.54, 1.807) is 7.11 Å². The maximum Gasteiger partial charge on any atom is 0.124 e. The molecule has 2 unspecified atom stereocenters. The molecule has 0 heterocycles. The van der Waals surface area contributed by atoms with Crippen LogP contribution in [0.3, 0.4) is 0 Å². The van der Waals surface area contributed by atoms with E-state index in [2.05, 4.69) is 6.92 Å². The molecule has 0 amide bonds. The minimum absolute atomic E-state index is 0.345. The number of hydrogen-bond donors (Lipinski definition) is 1. The largest absolute Gasteiger partial charge is 0.497 e. The molecule has 19 heavy (non-hydrogen) atoms. The normalized spacial score (nSPS) is 23.1. The second kappa shape index (κ2) is 6.80. The number of nitrogens with two attached hydrogens (primary N) is 1. The molecule has 1 aromatic rings. The Morgan fingerprint density at radius 3 is 2.84 bits per heavy atom. The summed E-state index contributed by atoms with van der Waals surface area (Å²) in [5, 5.41) is 0. The van der Waals surface area contributed by atoms with Gasteiger partial charge in [-0.3, -0.25) is 0 Å². The summed E-state index contributed by atoms with van der Waals surface area (Å²) in [6.45, 7) is 2.75. The number of rotatable bonds is 5. The van der Waals surface area contributed by atoms with E-state index in [0.717, 1.165) is 29.4 Å². The Labute approximate surface area is 116 Å². The molecule has 1 saturated carbocycles. The van der Waals surface area contributed by atoms with Gasteiger partial charge in [0.2, 0.25) is 0 Å². The second-order valence-corrected chi connectivity index (χ2v) is 5.36. The summed E-state index contributed by atoms with van der Waals surface area (Å²) in [5.74, 6) is 2.58. The van der Waals surface area contributed by atoms with E-state index in [9.17, 15) is 0 Å². The Balaban J connectivity index is 2.05. The Morgan fingerprint density at radius 1 is 1.32 bits per heavy atom. The number of hydrogen-bond acceptors (Lipinski definition) is 3. The van der Waals surface area contributed by atoms with Crippen molar-refractivity contribution in [2.24, 2.45) is 11.7 Å². The number of ether oxygens (including phenoxy) is 2. The van der Waals surface area contributed by atoms with Crippen LogP contribution in [0.1, 0.15) is 44.6 Å². The highest BCUT2D eigenvalue weighted by Gasteiger charge is 2.22. The minimum Gasteiger partial charge on any atom is -0.497 e. The van der Waals surface area contributed by atoms with Crippen molar-refractivity contribution < 1.29 is 9.47 Å². The van der Waals surface area contributed by atoms with Gasteiger partial charge in [-0.25, -0.2) is 0 Å². The predicted molar refractivity (Wildman–Crippen MR) is 77.6 cm³/mol. The minimum atomic E-state index is 0.345. The molecule has 106 valence electrons. The van der Waals surface area contributed by atoms with Crippen LogP contribution in [0.2, 0.25) is 0 Å². The van der Waals surface area contributed by atoms with Crippen LogP contribution in [0.5, 0.6) is 11.5 Å². The van der Waals surface area contributed by atoms with Gasteiger partial charge < -0.3 is 15.2 Å². The average Bonchev–Trinajstić information content (AvgIpc) is 2.48. The van der Waals surface area contributed by atoms with Crippen molar-refractivity contribution in [3.05, 3.63) is 23.8 Å². The molecule has 0 bridgehead atoms. The molecule has 3 heteroatoms. The maximum absolute atomic E-state index is 6.17. The maximum atomic E-state index is 6.17. The van der Waals surface area contributed by atoms with Gasteiger partial charge in [-0.2, -0.15) is 0 Å². The quantitative estimate of drug-likeness (QED) is 0.884. The van der Waals surface area contributed by atoms with Crippen molar-refractivity contribution >= 4 is 0 Å². The Bertz CT molecular complexity index is 406. The molecule has 1 aliphatic carbocycles. The smallest absolute Gasteiger partial charge is 0.124 e. The highest BCUT2D eigenvalue weighted by atomic mass is 16.5. The molecule has 1 aromatic carbocycles. The zero-order valence-electron chi connectivity index (χ0n) is 12.0. The highest BCUT2D eigenvalue weighted by molar-refractivity contribution is 5.40. The van der Waals surface area contributed by atoms with E-state index in [1.807, 2.05) is 18.2 Å². The fourth-order valence-electron chi connectivity index (χ4n) is 2.86. The van der Waals surface area contributed by atoms with E-state index in [1.165, 1.54) is 25.7 Å². The standard InChI is InChI=1S/C16H25NO2/c1-3-12-5-4-6-15(9-12)19-16-8-7-14(18-2)10-13(16)11-17/h7-8,10,12,15H,3-6,9,11,17H2,1-2H3. The highest BCUT2D eigenvalue weighted by Crippen LogP contribution is 2.31. The van der Waals surface area contributed by atoms with Gasteiger partial charge in [-0.1, -0.05) is 19.8 Å². The Morgan fingerprint density at radius 2 is 2.16 bits per heavy atom. The first kappa shape index (κ1) is 14.2. The zero-order chi connectivity index (χ0) is 13.7. The molecule has 1 fully saturated rings. The second-order valence-electron chi connectivity index (χ2n) is 5.36. The molecule has 2 atom stereocenters. The van der Waals surface area contributed by atoms with Crippen LogP contribution in [0, 0.1) is 5.92 Å². The first-order valence-electron chi connectivity index (χ1n) is 7.30. The molecule has 0 radical (unpaired) electrons. The number of methoxy groups -OCH3 is 1. The molecule has 1 aliphatic rings. The summed E-state index contributed by atoms with van der Waals surface area (Å²) in [7, 11) is 1.67. The molecular formula is C16H25NO2. The van der Waals surface area contributed by atoms with E-state index in [-0.39, 0.29) is 0 Å². The van der Waals surface area contributed by atoms with Gasteiger partial charge in [-0.05, 0) is 43.4 Å².